The molecule has 0 saturated heterocycles. The molecule has 0 unspecified atom stereocenters. The van der Waals surface area contributed by atoms with Crippen molar-refractivity contribution in [1.29, 1.82) is 0 Å². The molecule has 1 amide bonds. The highest BCUT2D eigenvalue weighted by atomic mass is 32.1. The summed E-state index contributed by atoms with van der Waals surface area (Å²) in [6.45, 7) is 5.12. The predicted octanol–water partition coefficient (Wildman–Crippen LogP) is 3.55. The summed E-state index contributed by atoms with van der Waals surface area (Å²) in [6.07, 6.45) is 3.79. The summed E-state index contributed by atoms with van der Waals surface area (Å²) in [7, 11) is 0. The molecule has 1 aliphatic carbocycles. The van der Waals surface area contributed by atoms with Gasteiger partial charge in [-0.1, -0.05) is 24.6 Å². The number of aromatic nitrogens is 2. The molecule has 1 aliphatic rings. The SMILES string of the molecule is Cc1ccc(OCCNC(=O)CCc2nc3sc4c(c3c(=O)[nH]2)CC[C@H](C)C4)cc1. The predicted molar refractivity (Wildman–Crippen MR) is 119 cm³/mol. The van der Waals surface area contributed by atoms with E-state index in [1.54, 1.807) is 11.3 Å². The van der Waals surface area contributed by atoms with Crippen molar-refractivity contribution in [3.8, 4) is 5.75 Å². The van der Waals surface area contributed by atoms with Crippen molar-refractivity contribution in [2.45, 2.75) is 46.0 Å². The van der Waals surface area contributed by atoms with Crippen molar-refractivity contribution in [2.24, 2.45) is 5.92 Å². The average Bonchev–Trinajstić information content (AvgIpc) is 3.08. The minimum absolute atomic E-state index is 0.0750. The molecule has 0 aliphatic heterocycles. The lowest BCUT2D eigenvalue weighted by molar-refractivity contribution is -0.121. The van der Waals surface area contributed by atoms with Gasteiger partial charge in [-0.05, 0) is 49.8 Å². The summed E-state index contributed by atoms with van der Waals surface area (Å²) in [4.78, 5) is 34.4. The number of thiophene rings is 1. The number of hydrogen-bond acceptors (Lipinski definition) is 5. The molecule has 158 valence electrons. The number of rotatable bonds is 7. The number of fused-ring (bicyclic) bond motifs is 3. The summed E-state index contributed by atoms with van der Waals surface area (Å²) in [5.74, 6) is 1.94. The monoisotopic (exact) mass is 425 g/mol. The number of amides is 1. The maximum atomic E-state index is 12.6. The van der Waals surface area contributed by atoms with Gasteiger partial charge in [0.1, 0.15) is 23.0 Å². The van der Waals surface area contributed by atoms with E-state index < -0.39 is 0 Å². The van der Waals surface area contributed by atoms with Crippen molar-refractivity contribution >= 4 is 27.5 Å². The van der Waals surface area contributed by atoms with Gasteiger partial charge in [-0.3, -0.25) is 9.59 Å². The Kier molecular flexibility index (Phi) is 6.18. The fourth-order valence-electron chi connectivity index (χ4n) is 3.83. The van der Waals surface area contributed by atoms with E-state index in [1.807, 2.05) is 31.2 Å². The van der Waals surface area contributed by atoms with Crippen molar-refractivity contribution in [1.82, 2.24) is 15.3 Å². The highest BCUT2D eigenvalue weighted by Crippen LogP contribution is 2.35. The van der Waals surface area contributed by atoms with Crippen LogP contribution in [0.4, 0.5) is 0 Å². The Balaban J connectivity index is 1.29. The van der Waals surface area contributed by atoms with Crippen LogP contribution < -0.4 is 15.6 Å². The van der Waals surface area contributed by atoms with Gasteiger partial charge >= 0.3 is 0 Å². The van der Waals surface area contributed by atoms with Crippen molar-refractivity contribution < 1.29 is 9.53 Å². The number of H-pyrrole nitrogens is 1. The maximum absolute atomic E-state index is 12.6. The molecule has 1 atom stereocenters. The zero-order valence-corrected chi connectivity index (χ0v) is 18.2. The third kappa shape index (κ3) is 4.73. The average molecular weight is 426 g/mol. The molecule has 0 bridgehead atoms. The molecule has 7 heteroatoms. The van der Waals surface area contributed by atoms with E-state index in [0.717, 1.165) is 35.2 Å². The first-order chi connectivity index (χ1) is 14.5. The molecule has 0 radical (unpaired) electrons. The molecule has 1 aromatic carbocycles. The van der Waals surface area contributed by atoms with Gasteiger partial charge in [0.25, 0.3) is 5.56 Å². The molecule has 0 fully saturated rings. The van der Waals surface area contributed by atoms with Gasteiger partial charge in [-0.25, -0.2) is 4.98 Å². The number of hydrogen-bond donors (Lipinski definition) is 2. The lowest BCUT2D eigenvalue weighted by Gasteiger charge is -2.17. The van der Waals surface area contributed by atoms with Crippen LogP contribution in [-0.2, 0) is 24.1 Å². The largest absolute Gasteiger partial charge is 0.492 e. The Morgan fingerprint density at radius 1 is 1.33 bits per heavy atom. The third-order valence-corrected chi connectivity index (χ3v) is 6.67. The Labute approximate surface area is 179 Å². The third-order valence-electron chi connectivity index (χ3n) is 5.52. The zero-order valence-electron chi connectivity index (χ0n) is 17.4. The lowest BCUT2D eigenvalue weighted by Crippen LogP contribution is -2.28. The molecule has 4 rings (SSSR count). The van der Waals surface area contributed by atoms with Crippen LogP contribution >= 0.6 is 11.3 Å². The standard InChI is InChI=1S/C23H27N3O3S/c1-14-3-6-16(7-4-14)29-12-11-24-20(27)10-9-19-25-22(28)21-17-8-5-15(2)13-18(17)30-23(21)26-19/h3-4,6-7,15H,5,8-13H2,1-2H3,(H,24,27)(H,25,26,28)/t15-/m0/s1. The van der Waals surface area contributed by atoms with E-state index in [0.29, 0.717) is 31.3 Å². The van der Waals surface area contributed by atoms with Crippen molar-refractivity contribution in [2.75, 3.05) is 13.2 Å². The number of nitrogens with one attached hydrogen (secondary N) is 2. The normalized spacial score (nSPS) is 15.7. The Morgan fingerprint density at radius 2 is 2.13 bits per heavy atom. The van der Waals surface area contributed by atoms with Crippen LogP contribution in [0.1, 0.15) is 41.6 Å². The molecular weight excluding hydrogens is 398 g/mol. The van der Waals surface area contributed by atoms with E-state index in [2.05, 4.69) is 22.2 Å². The molecule has 0 saturated carbocycles. The summed E-state index contributed by atoms with van der Waals surface area (Å²) in [5.41, 5.74) is 2.28. The quantitative estimate of drug-likeness (QED) is 0.567. The second kappa shape index (κ2) is 9.00. The highest BCUT2D eigenvalue weighted by Gasteiger charge is 2.23. The minimum atomic E-state index is -0.0791. The molecule has 6 nitrogen and oxygen atoms in total. The van der Waals surface area contributed by atoms with Gasteiger partial charge in [0, 0.05) is 17.7 Å². The molecule has 2 N–H and O–H groups in total. The van der Waals surface area contributed by atoms with Crippen LogP contribution in [0.3, 0.4) is 0 Å². The number of carbonyl (C=O) groups excluding carboxylic acids is 1. The molecule has 2 aromatic heterocycles. The smallest absolute Gasteiger partial charge is 0.259 e. The fraction of sp³-hybridized carbons (Fsp3) is 0.435. The van der Waals surface area contributed by atoms with E-state index in [1.165, 1.54) is 16.0 Å². The molecule has 30 heavy (non-hydrogen) atoms. The maximum Gasteiger partial charge on any atom is 0.259 e. The topological polar surface area (TPSA) is 84.1 Å². The molecule has 3 aromatic rings. The van der Waals surface area contributed by atoms with Gasteiger partial charge in [0.2, 0.25) is 5.91 Å². The van der Waals surface area contributed by atoms with E-state index in [4.69, 9.17) is 4.74 Å². The highest BCUT2D eigenvalue weighted by molar-refractivity contribution is 7.18. The lowest BCUT2D eigenvalue weighted by atomic mass is 9.89. The van der Waals surface area contributed by atoms with Crippen molar-refractivity contribution in [3.63, 3.8) is 0 Å². The number of aromatic amines is 1. The Morgan fingerprint density at radius 3 is 2.93 bits per heavy atom. The van der Waals surface area contributed by atoms with Crippen LogP contribution in [0.25, 0.3) is 10.2 Å². The summed E-state index contributed by atoms with van der Waals surface area (Å²) in [5, 5.41) is 3.60. The molecular formula is C23H27N3O3S. The van der Waals surface area contributed by atoms with E-state index in [9.17, 15) is 9.59 Å². The van der Waals surface area contributed by atoms with Crippen LogP contribution in [0.15, 0.2) is 29.1 Å². The second-order valence-corrected chi connectivity index (χ2v) is 9.14. The van der Waals surface area contributed by atoms with Crippen LogP contribution in [0, 0.1) is 12.8 Å². The molecule has 0 spiro atoms. The van der Waals surface area contributed by atoms with Crippen LogP contribution in [0.2, 0.25) is 0 Å². The zero-order chi connectivity index (χ0) is 21.1. The number of carbonyl (C=O) groups is 1. The Hall–Kier alpha value is -2.67. The first-order valence-electron chi connectivity index (χ1n) is 10.5. The van der Waals surface area contributed by atoms with Gasteiger partial charge in [-0.15, -0.1) is 11.3 Å². The molecule has 2 heterocycles. The summed E-state index contributed by atoms with van der Waals surface area (Å²) in [6, 6.07) is 7.81. The second-order valence-electron chi connectivity index (χ2n) is 8.06. The van der Waals surface area contributed by atoms with Crippen molar-refractivity contribution in [3.05, 3.63) is 56.4 Å². The van der Waals surface area contributed by atoms with E-state index in [-0.39, 0.29) is 17.9 Å². The number of benzene rings is 1. The first kappa shape index (κ1) is 20.6. The van der Waals surface area contributed by atoms with Gasteiger partial charge in [0.05, 0.1) is 11.9 Å². The summed E-state index contributed by atoms with van der Waals surface area (Å²) >= 11 is 1.63. The number of aryl methyl sites for hydroxylation is 3. The van der Waals surface area contributed by atoms with Gasteiger partial charge in [-0.2, -0.15) is 0 Å². The first-order valence-corrected chi connectivity index (χ1v) is 11.3. The van der Waals surface area contributed by atoms with E-state index >= 15 is 0 Å². The number of nitrogens with zero attached hydrogens (tertiary/aromatic N) is 1. The minimum Gasteiger partial charge on any atom is -0.492 e. The summed E-state index contributed by atoms with van der Waals surface area (Å²) < 4.78 is 5.61. The van der Waals surface area contributed by atoms with Crippen LogP contribution in [-0.4, -0.2) is 29.0 Å². The van der Waals surface area contributed by atoms with Gasteiger partial charge < -0.3 is 15.0 Å². The van der Waals surface area contributed by atoms with Gasteiger partial charge in [0.15, 0.2) is 0 Å². The fourth-order valence-corrected chi connectivity index (χ4v) is 5.23. The Bertz CT molecular complexity index is 1100. The number of ether oxygens (including phenoxy) is 1. The van der Waals surface area contributed by atoms with Crippen LogP contribution in [0.5, 0.6) is 5.75 Å².